The first-order valence-corrected chi connectivity index (χ1v) is 9.87. The Bertz CT molecular complexity index is 1210. The van der Waals surface area contributed by atoms with Crippen LogP contribution in [-0.4, -0.2) is 36.3 Å². The van der Waals surface area contributed by atoms with E-state index in [9.17, 15) is 9.18 Å². The van der Waals surface area contributed by atoms with E-state index in [0.717, 1.165) is 0 Å². The van der Waals surface area contributed by atoms with Crippen LogP contribution < -0.4 is 5.32 Å². The van der Waals surface area contributed by atoms with Crippen LogP contribution in [0.25, 0.3) is 5.69 Å². The Hall–Kier alpha value is -3.60. The molecule has 1 N–H and O–H groups in total. The standard InChI is InChI=1S/C19H16FN7O2S/c1-11-23-25-26-27(11)13-7-8-15(20)16(9-13)22-19(28)14-5-3-4-6-17(14)30-10-18-21-12(2)29-24-18/h3-9H,10H2,1-2H3,(H,22,28). The van der Waals surface area contributed by atoms with Crippen LogP contribution in [0.4, 0.5) is 10.1 Å². The van der Waals surface area contributed by atoms with Gasteiger partial charge in [0.1, 0.15) is 5.82 Å². The number of nitrogens with zero attached hydrogens (tertiary/aromatic N) is 6. The van der Waals surface area contributed by atoms with Crippen molar-refractivity contribution in [2.75, 3.05) is 5.32 Å². The molecule has 0 saturated heterocycles. The molecular weight excluding hydrogens is 409 g/mol. The molecule has 0 aliphatic carbocycles. The van der Waals surface area contributed by atoms with Gasteiger partial charge in [-0.1, -0.05) is 17.3 Å². The number of anilines is 1. The lowest BCUT2D eigenvalue weighted by molar-refractivity contribution is 0.102. The third-order valence-electron chi connectivity index (χ3n) is 4.13. The van der Waals surface area contributed by atoms with Gasteiger partial charge in [0.05, 0.1) is 22.7 Å². The van der Waals surface area contributed by atoms with Crippen molar-refractivity contribution in [3.8, 4) is 5.69 Å². The van der Waals surface area contributed by atoms with Crippen molar-refractivity contribution in [1.82, 2.24) is 30.3 Å². The summed E-state index contributed by atoms with van der Waals surface area (Å²) in [4.78, 5) is 17.7. The summed E-state index contributed by atoms with van der Waals surface area (Å²) < 4.78 is 20.8. The van der Waals surface area contributed by atoms with E-state index in [-0.39, 0.29) is 5.69 Å². The predicted octanol–water partition coefficient (Wildman–Crippen LogP) is 3.35. The van der Waals surface area contributed by atoms with Gasteiger partial charge in [-0.15, -0.1) is 16.9 Å². The summed E-state index contributed by atoms with van der Waals surface area (Å²) in [6.07, 6.45) is 0. The predicted molar refractivity (Wildman–Crippen MR) is 107 cm³/mol. The molecule has 2 aromatic heterocycles. The van der Waals surface area contributed by atoms with Gasteiger partial charge < -0.3 is 9.84 Å². The van der Waals surface area contributed by atoms with Crippen molar-refractivity contribution < 1.29 is 13.7 Å². The lowest BCUT2D eigenvalue weighted by Gasteiger charge is -2.11. The number of amides is 1. The third kappa shape index (κ3) is 4.20. The van der Waals surface area contributed by atoms with E-state index < -0.39 is 11.7 Å². The molecule has 2 heterocycles. The Morgan fingerprint density at radius 3 is 2.80 bits per heavy atom. The van der Waals surface area contributed by atoms with Gasteiger partial charge in [-0.3, -0.25) is 4.79 Å². The molecular formula is C19H16FN7O2S. The number of nitrogens with one attached hydrogen (secondary N) is 1. The molecule has 152 valence electrons. The van der Waals surface area contributed by atoms with E-state index >= 15 is 0 Å². The SMILES string of the molecule is Cc1nc(CSc2ccccc2C(=O)Nc2cc(-n3nnnc3C)ccc2F)no1. The van der Waals surface area contributed by atoms with Crippen molar-refractivity contribution in [2.24, 2.45) is 0 Å². The van der Waals surface area contributed by atoms with E-state index in [1.165, 1.54) is 34.6 Å². The van der Waals surface area contributed by atoms with Crippen LogP contribution in [0.15, 0.2) is 51.9 Å². The lowest BCUT2D eigenvalue weighted by atomic mass is 10.2. The quantitative estimate of drug-likeness (QED) is 0.468. The second-order valence-electron chi connectivity index (χ2n) is 6.27. The summed E-state index contributed by atoms with van der Waals surface area (Å²) in [6.45, 7) is 3.43. The minimum atomic E-state index is -0.565. The maximum Gasteiger partial charge on any atom is 0.256 e. The summed E-state index contributed by atoms with van der Waals surface area (Å²) in [5.41, 5.74) is 0.969. The minimum absolute atomic E-state index is 0.0287. The van der Waals surface area contributed by atoms with Gasteiger partial charge in [-0.2, -0.15) is 9.67 Å². The zero-order valence-electron chi connectivity index (χ0n) is 16.0. The second kappa shape index (κ2) is 8.41. The molecule has 0 atom stereocenters. The summed E-state index contributed by atoms with van der Waals surface area (Å²) >= 11 is 1.39. The largest absolute Gasteiger partial charge is 0.340 e. The summed E-state index contributed by atoms with van der Waals surface area (Å²) in [6, 6.07) is 11.3. The van der Waals surface area contributed by atoms with Crippen LogP contribution in [0.2, 0.25) is 0 Å². The molecule has 11 heteroatoms. The van der Waals surface area contributed by atoms with Crippen molar-refractivity contribution in [3.05, 3.63) is 71.4 Å². The van der Waals surface area contributed by atoms with Crippen LogP contribution in [0.1, 0.15) is 27.9 Å². The van der Waals surface area contributed by atoms with Gasteiger partial charge in [0.25, 0.3) is 5.91 Å². The zero-order chi connectivity index (χ0) is 21.1. The number of benzene rings is 2. The minimum Gasteiger partial charge on any atom is -0.340 e. The van der Waals surface area contributed by atoms with Crippen LogP contribution in [0, 0.1) is 19.7 Å². The normalized spacial score (nSPS) is 10.9. The zero-order valence-corrected chi connectivity index (χ0v) is 16.9. The summed E-state index contributed by atoms with van der Waals surface area (Å²) in [5, 5.41) is 17.7. The first-order valence-electron chi connectivity index (χ1n) is 8.88. The van der Waals surface area contributed by atoms with Gasteiger partial charge in [-0.25, -0.2) is 4.39 Å². The van der Waals surface area contributed by atoms with E-state index in [1.807, 2.05) is 12.1 Å². The number of carbonyl (C=O) groups is 1. The highest BCUT2D eigenvalue weighted by molar-refractivity contribution is 7.98. The average molecular weight is 425 g/mol. The highest BCUT2D eigenvalue weighted by Crippen LogP contribution is 2.27. The van der Waals surface area contributed by atoms with Crippen molar-refractivity contribution in [1.29, 1.82) is 0 Å². The Morgan fingerprint density at radius 2 is 2.07 bits per heavy atom. The fourth-order valence-electron chi connectivity index (χ4n) is 2.72. The van der Waals surface area contributed by atoms with Crippen LogP contribution in [-0.2, 0) is 5.75 Å². The van der Waals surface area contributed by atoms with Gasteiger partial charge in [0, 0.05) is 11.8 Å². The molecule has 0 bridgehead atoms. The van der Waals surface area contributed by atoms with E-state index in [0.29, 0.717) is 39.4 Å². The summed E-state index contributed by atoms with van der Waals surface area (Å²) in [5.74, 6) is 0.979. The van der Waals surface area contributed by atoms with Gasteiger partial charge >= 0.3 is 0 Å². The number of carbonyl (C=O) groups excluding carboxylic acids is 1. The number of tetrazole rings is 1. The Morgan fingerprint density at radius 1 is 1.23 bits per heavy atom. The highest BCUT2D eigenvalue weighted by Gasteiger charge is 2.16. The number of rotatable bonds is 6. The van der Waals surface area contributed by atoms with E-state index in [2.05, 4.69) is 31.0 Å². The van der Waals surface area contributed by atoms with E-state index in [4.69, 9.17) is 4.52 Å². The van der Waals surface area contributed by atoms with Crippen LogP contribution in [0.5, 0.6) is 0 Å². The Balaban J connectivity index is 1.55. The molecule has 0 aliphatic heterocycles. The Labute approximate surface area is 174 Å². The average Bonchev–Trinajstić information content (AvgIpc) is 3.36. The molecule has 9 nitrogen and oxygen atoms in total. The third-order valence-corrected chi connectivity index (χ3v) is 5.20. The fourth-order valence-corrected chi connectivity index (χ4v) is 3.62. The van der Waals surface area contributed by atoms with E-state index in [1.54, 1.807) is 26.0 Å². The highest BCUT2D eigenvalue weighted by atomic mass is 32.2. The van der Waals surface area contributed by atoms with Gasteiger partial charge in [-0.05, 0) is 47.7 Å². The van der Waals surface area contributed by atoms with Crippen molar-refractivity contribution in [3.63, 3.8) is 0 Å². The number of halogens is 1. The molecule has 1 amide bonds. The molecule has 0 unspecified atom stereocenters. The number of aryl methyl sites for hydroxylation is 2. The number of hydrogen-bond donors (Lipinski definition) is 1. The smallest absolute Gasteiger partial charge is 0.256 e. The molecule has 4 aromatic rings. The second-order valence-corrected chi connectivity index (χ2v) is 7.29. The maximum absolute atomic E-state index is 14.4. The topological polar surface area (TPSA) is 112 Å². The first-order chi connectivity index (χ1) is 14.5. The first kappa shape index (κ1) is 19.7. The van der Waals surface area contributed by atoms with Crippen LogP contribution >= 0.6 is 11.8 Å². The summed E-state index contributed by atoms with van der Waals surface area (Å²) in [7, 11) is 0. The number of thioether (sulfide) groups is 1. The Kier molecular flexibility index (Phi) is 5.53. The monoisotopic (exact) mass is 425 g/mol. The molecule has 0 aliphatic rings. The molecule has 4 rings (SSSR count). The molecule has 0 fully saturated rings. The molecule has 30 heavy (non-hydrogen) atoms. The lowest BCUT2D eigenvalue weighted by Crippen LogP contribution is -2.14. The molecule has 0 saturated carbocycles. The van der Waals surface area contributed by atoms with Gasteiger partial charge in [0.15, 0.2) is 11.6 Å². The van der Waals surface area contributed by atoms with Crippen molar-refractivity contribution >= 4 is 23.4 Å². The number of aromatic nitrogens is 6. The molecule has 0 spiro atoms. The van der Waals surface area contributed by atoms with Crippen LogP contribution in [0.3, 0.4) is 0 Å². The van der Waals surface area contributed by atoms with Gasteiger partial charge in [0.2, 0.25) is 5.89 Å². The molecule has 0 radical (unpaired) electrons. The number of hydrogen-bond acceptors (Lipinski definition) is 8. The molecule has 2 aromatic carbocycles. The fraction of sp³-hybridized carbons (Fsp3) is 0.158. The maximum atomic E-state index is 14.4. The van der Waals surface area contributed by atoms with Crippen molar-refractivity contribution in [2.45, 2.75) is 24.5 Å².